The molecular formula is C10H11Cl. The van der Waals surface area contributed by atoms with E-state index in [-0.39, 0.29) is 0 Å². The maximum Gasteiger partial charge on any atom is 0.0441 e. The van der Waals surface area contributed by atoms with Gasteiger partial charge < -0.3 is 0 Å². The van der Waals surface area contributed by atoms with Gasteiger partial charge in [0.05, 0.1) is 0 Å². The Labute approximate surface area is 72.5 Å². The van der Waals surface area contributed by atoms with Gasteiger partial charge in [0.1, 0.15) is 0 Å². The Hall–Kier alpha value is -0.750. The molecule has 58 valence electrons. The van der Waals surface area contributed by atoms with E-state index in [0.29, 0.717) is 0 Å². The van der Waals surface area contributed by atoms with Gasteiger partial charge in [0.15, 0.2) is 0 Å². The van der Waals surface area contributed by atoms with Crippen molar-refractivity contribution in [2.45, 2.75) is 13.3 Å². The van der Waals surface area contributed by atoms with Gasteiger partial charge in [-0.15, -0.1) is 0 Å². The van der Waals surface area contributed by atoms with Crippen LogP contribution < -0.4 is 0 Å². The SMILES string of the molecule is C=C(C)Cc1ccccc1Cl. The summed E-state index contributed by atoms with van der Waals surface area (Å²) in [5, 5.41) is 0.829. The summed E-state index contributed by atoms with van der Waals surface area (Å²) in [5.41, 5.74) is 2.29. The first-order valence-electron chi connectivity index (χ1n) is 3.58. The van der Waals surface area contributed by atoms with Gasteiger partial charge in [-0.05, 0) is 25.0 Å². The molecule has 11 heavy (non-hydrogen) atoms. The fraction of sp³-hybridized carbons (Fsp3) is 0.200. The molecule has 1 aromatic carbocycles. The van der Waals surface area contributed by atoms with Gasteiger partial charge in [-0.1, -0.05) is 42.0 Å². The predicted octanol–water partition coefficient (Wildman–Crippen LogP) is 3.46. The topological polar surface area (TPSA) is 0 Å². The molecule has 0 atom stereocenters. The van der Waals surface area contributed by atoms with E-state index in [1.54, 1.807) is 0 Å². The number of allylic oxidation sites excluding steroid dienone is 1. The Kier molecular flexibility index (Phi) is 2.72. The first-order chi connectivity index (χ1) is 5.20. The highest BCUT2D eigenvalue weighted by molar-refractivity contribution is 6.31. The third kappa shape index (κ3) is 2.39. The second kappa shape index (κ2) is 3.59. The van der Waals surface area contributed by atoms with Gasteiger partial charge in [0, 0.05) is 5.02 Å². The molecule has 0 heterocycles. The maximum atomic E-state index is 5.93. The van der Waals surface area contributed by atoms with Crippen LogP contribution in [-0.4, -0.2) is 0 Å². The van der Waals surface area contributed by atoms with E-state index in [9.17, 15) is 0 Å². The number of halogens is 1. The van der Waals surface area contributed by atoms with Crippen molar-refractivity contribution < 1.29 is 0 Å². The standard InChI is InChI=1S/C10H11Cl/c1-8(2)7-9-5-3-4-6-10(9)11/h3-6H,1,7H2,2H3. The molecule has 0 aliphatic rings. The quantitative estimate of drug-likeness (QED) is 0.591. The van der Waals surface area contributed by atoms with Crippen molar-refractivity contribution in [3.8, 4) is 0 Å². The molecule has 0 unspecified atom stereocenters. The van der Waals surface area contributed by atoms with E-state index in [2.05, 4.69) is 6.58 Å². The zero-order chi connectivity index (χ0) is 8.27. The molecule has 0 amide bonds. The van der Waals surface area contributed by atoms with Crippen molar-refractivity contribution in [1.82, 2.24) is 0 Å². The largest absolute Gasteiger partial charge is 0.0998 e. The van der Waals surface area contributed by atoms with Crippen LogP contribution in [0.3, 0.4) is 0 Å². The summed E-state index contributed by atoms with van der Waals surface area (Å²) in [7, 11) is 0. The first kappa shape index (κ1) is 8.35. The van der Waals surface area contributed by atoms with Gasteiger partial charge >= 0.3 is 0 Å². The summed E-state index contributed by atoms with van der Waals surface area (Å²) in [5.74, 6) is 0. The molecule has 0 nitrogen and oxygen atoms in total. The highest BCUT2D eigenvalue weighted by atomic mass is 35.5. The molecule has 0 bridgehead atoms. The smallest absolute Gasteiger partial charge is 0.0441 e. The minimum atomic E-state index is 0.829. The second-order valence-electron chi connectivity index (χ2n) is 2.73. The number of rotatable bonds is 2. The number of hydrogen-bond donors (Lipinski definition) is 0. The highest BCUT2D eigenvalue weighted by Gasteiger charge is 1.97. The van der Waals surface area contributed by atoms with E-state index < -0.39 is 0 Å². The minimum Gasteiger partial charge on any atom is -0.0998 e. The Bertz CT molecular complexity index is 263. The van der Waals surface area contributed by atoms with Crippen LogP contribution in [0.15, 0.2) is 36.4 Å². The lowest BCUT2D eigenvalue weighted by Gasteiger charge is -2.01. The van der Waals surface area contributed by atoms with Crippen LogP contribution in [0.25, 0.3) is 0 Å². The molecule has 0 N–H and O–H groups in total. The van der Waals surface area contributed by atoms with Crippen LogP contribution in [0, 0.1) is 0 Å². The molecular weight excluding hydrogens is 156 g/mol. The van der Waals surface area contributed by atoms with E-state index in [1.165, 1.54) is 0 Å². The molecule has 0 fully saturated rings. The van der Waals surface area contributed by atoms with Crippen molar-refractivity contribution in [2.75, 3.05) is 0 Å². The summed E-state index contributed by atoms with van der Waals surface area (Å²) in [6.45, 7) is 5.84. The molecule has 0 saturated heterocycles. The summed E-state index contributed by atoms with van der Waals surface area (Å²) in [4.78, 5) is 0. The van der Waals surface area contributed by atoms with E-state index in [4.69, 9.17) is 11.6 Å². The Morgan fingerprint density at radius 3 is 2.64 bits per heavy atom. The van der Waals surface area contributed by atoms with Crippen LogP contribution in [-0.2, 0) is 6.42 Å². The lowest BCUT2D eigenvalue weighted by atomic mass is 10.1. The van der Waals surface area contributed by atoms with Gasteiger partial charge in [-0.25, -0.2) is 0 Å². The molecule has 1 rings (SSSR count). The Morgan fingerprint density at radius 1 is 1.45 bits per heavy atom. The third-order valence-corrected chi connectivity index (χ3v) is 1.82. The van der Waals surface area contributed by atoms with E-state index >= 15 is 0 Å². The minimum absolute atomic E-state index is 0.829. The zero-order valence-corrected chi connectivity index (χ0v) is 7.36. The Balaban J connectivity index is 2.86. The summed E-state index contributed by atoms with van der Waals surface area (Å²) in [6.07, 6.45) is 0.875. The summed E-state index contributed by atoms with van der Waals surface area (Å²) < 4.78 is 0. The monoisotopic (exact) mass is 166 g/mol. The average Bonchev–Trinajstić information content (AvgIpc) is 1.93. The van der Waals surface area contributed by atoms with Gasteiger partial charge in [-0.2, -0.15) is 0 Å². The normalized spacial score (nSPS) is 9.64. The van der Waals surface area contributed by atoms with E-state index in [0.717, 1.165) is 22.6 Å². The number of benzene rings is 1. The first-order valence-corrected chi connectivity index (χ1v) is 3.95. The van der Waals surface area contributed by atoms with Crippen molar-refractivity contribution in [3.05, 3.63) is 47.0 Å². The van der Waals surface area contributed by atoms with Gasteiger partial charge in [0.25, 0.3) is 0 Å². The lowest BCUT2D eigenvalue weighted by molar-refractivity contribution is 1.15. The van der Waals surface area contributed by atoms with Crippen LogP contribution in [0.1, 0.15) is 12.5 Å². The Morgan fingerprint density at radius 2 is 2.09 bits per heavy atom. The third-order valence-electron chi connectivity index (χ3n) is 1.45. The van der Waals surface area contributed by atoms with Crippen molar-refractivity contribution >= 4 is 11.6 Å². The van der Waals surface area contributed by atoms with Crippen LogP contribution in [0.4, 0.5) is 0 Å². The fourth-order valence-corrected chi connectivity index (χ4v) is 1.17. The number of hydrogen-bond acceptors (Lipinski definition) is 0. The highest BCUT2D eigenvalue weighted by Crippen LogP contribution is 2.17. The molecule has 0 radical (unpaired) electrons. The van der Waals surface area contributed by atoms with Crippen molar-refractivity contribution in [3.63, 3.8) is 0 Å². The summed E-state index contributed by atoms with van der Waals surface area (Å²) >= 11 is 5.93. The second-order valence-corrected chi connectivity index (χ2v) is 3.13. The van der Waals surface area contributed by atoms with Gasteiger partial charge in [0.2, 0.25) is 0 Å². The van der Waals surface area contributed by atoms with Crippen LogP contribution in [0.2, 0.25) is 5.02 Å². The average molecular weight is 167 g/mol. The van der Waals surface area contributed by atoms with Crippen LogP contribution >= 0.6 is 11.6 Å². The molecule has 1 aromatic rings. The maximum absolute atomic E-state index is 5.93. The lowest BCUT2D eigenvalue weighted by Crippen LogP contribution is -1.85. The van der Waals surface area contributed by atoms with Gasteiger partial charge in [-0.3, -0.25) is 0 Å². The molecule has 0 aliphatic carbocycles. The van der Waals surface area contributed by atoms with Crippen molar-refractivity contribution in [1.29, 1.82) is 0 Å². The zero-order valence-electron chi connectivity index (χ0n) is 6.60. The molecule has 0 aromatic heterocycles. The predicted molar refractivity (Wildman–Crippen MR) is 50.0 cm³/mol. The molecule has 0 saturated carbocycles. The molecule has 0 aliphatic heterocycles. The molecule has 0 spiro atoms. The molecule has 1 heteroatoms. The van der Waals surface area contributed by atoms with Crippen molar-refractivity contribution in [2.24, 2.45) is 0 Å². The fourth-order valence-electron chi connectivity index (χ4n) is 0.967. The van der Waals surface area contributed by atoms with E-state index in [1.807, 2.05) is 31.2 Å². The summed E-state index contributed by atoms with van der Waals surface area (Å²) in [6, 6.07) is 7.85. The van der Waals surface area contributed by atoms with Crippen LogP contribution in [0.5, 0.6) is 0 Å².